The lowest BCUT2D eigenvalue weighted by atomic mass is 10.1. The van der Waals surface area contributed by atoms with Gasteiger partial charge >= 0.3 is 0 Å². The van der Waals surface area contributed by atoms with Crippen molar-refractivity contribution in [3.63, 3.8) is 0 Å². The van der Waals surface area contributed by atoms with Crippen molar-refractivity contribution >= 4 is 23.1 Å². The van der Waals surface area contributed by atoms with E-state index >= 15 is 0 Å². The lowest BCUT2D eigenvalue weighted by molar-refractivity contribution is 0.110. The lowest BCUT2D eigenvalue weighted by Crippen LogP contribution is -2.07. The fraction of sp³-hybridized carbons (Fsp3) is 0.100. The molecule has 0 aliphatic carbocycles. The summed E-state index contributed by atoms with van der Waals surface area (Å²) in [6.45, 7) is 0. The molecule has 4 rings (SSSR count). The Labute approximate surface area is 144 Å². The minimum atomic E-state index is 0.303. The van der Waals surface area contributed by atoms with E-state index < -0.39 is 0 Å². The van der Waals surface area contributed by atoms with Crippen molar-refractivity contribution in [2.24, 2.45) is 0 Å². The summed E-state index contributed by atoms with van der Waals surface area (Å²) in [5.41, 5.74) is 4.34. The molecule has 25 heavy (non-hydrogen) atoms. The van der Waals surface area contributed by atoms with Gasteiger partial charge in [0.25, 0.3) is 0 Å². The molecule has 124 valence electrons. The van der Waals surface area contributed by atoms with Crippen LogP contribution in [0.25, 0.3) is 33.9 Å². The molecule has 0 N–H and O–H groups in total. The Bertz CT molecular complexity index is 1040. The minimum Gasteiger partial charge on any atom is -0.453 e. The van der Waals surface area contributed by atoms with E-state index in [-0.39, 0.29) is 0 Å². The molecule has 0 amide bonds. The number of nitrogens with zero attached hydrogens (tertiary/aromatic N) is 2. The molecule has 0 radical (unpaired) electrons. The maximum absolute atomic E-state index is 10.8. The molecule has 4 aromatic rings. The van der Waals surface area contributed by atoms with E-state index in [1.165, 1.54) is 0 Å². The summed E-state index contributed by atoms with van der Waals surface area (Å²) in [6.07, 6.45) is 0.688. The average molecular weight is 332 g/mol. The van der Waals surface area contributed by atoms with E-state index in [0.29, 0.717) is 29.3 Å². The number of furan rings is 1. The van der Waals surface area contributed by atoms with Gasteiger partial charge in [-0.3, -0.25) is 4.79 Å². The first-order valence-electron chi connectivity index (χ1n) is 7.88. The number of aldehydes is 1. The van der Waals surface area contributed by atoms with Crippen LogP contribution in [0.15, 0.2) is 63.4 Å². The molecule has 0 aliphatic heterocycles. The summed E-state index contributed by atoms with van der Waals surface area (Å²) < 4.78 is 11.3. The molecule has 5 heteroatoms. The summed E-state index contributed by atoms with van der Waals surface area (Å²) >= 11 is 0. The summed E-state index contributed by atoms with van der Waals surface area (Å²) in [7, 11) is 4.00. The van der Waals surface area contributed by atoms with Crippen molar-refractivity contribution in [1.82, 2.24) is 4.98 Å². The van der Waals surface area contributed by atoms with Gasteiger partial charge in [-0.05, 0) is 54.6 Å². The number of oxazole rings is 1. The normalized spacial score (nSPS) is 11.0. The summed E-state index contributed by atoms with van der Waals surface area (Å²) in [5.74, 6) is 1.51. The van der Waals surface area contributed by atoms with E-state index in [1.807, 2.05) is 61.5 Å². The Morgan fingerprint density at radius 1 is 0.920 bits per heavy atom. The monoisotopic (exact) mass is 332 g/mol. The van der Waals surface area contributed by atoms with Crippen LogP contribution in [-0.4, -0.2) is 25.4 Å². The van der Waals surface area contributed by atoms with Crippen molar-refractivity contribution in [3.05, 3.63) is 60.4 Å². The Hall–Kier alpha value is -3.34. The van der Waals surface area contributed by atoms with Gasteiger partial charge < -0.3 is 13.7 Å². The lowest BCUT2D eigenvalue weighted by Gasteiger charge is -2.11. The van der Waals surface area contributed by atoms with Gasteiger partial charge in [0.2, 0.25) is 5.89 Å². The highest BCUT2D eigenvalue weighted by Gasteiger charge is 2.11. The predicted octanol–water partition coefficient (Wildman–Crippen LogP) is 4.63. The van der Waals surface area contributed by atoms with E-state index in [4.69, 9.17) is 8.83 Å². The second-order valence-corrected chi connectivity index (χ2v) is 5.96. The summed E-state index contributed by atoms with van der Waals surface area (Å²) in [5, 5.41) is 0. The Morgan fingerprint density at radius 2 is 1.68 bits per heavy atom. The Balaban J connectivity index is 1.71. The smallest absolute Gasteiger partial charge is 0.227 e. The van der Waals surface area contributed by atoms with Gasteiger partial charge in [-0.1, -0.05) is 0 Å². The van der Waals surface area contributed by atoms with Crippen LogP contribution in [0.2, 0.25) is 0 Å². The third-order valence-corrected chi connectivity index (χ3v) is 4.05. The zero-order valence-corrected chi connectivity index (χ0v) is 13.9. The highest BCUT2D eigenvalue weighted by Crippen LogP contribution is 2.29. The maximum Gasteiger partial charge on any atom is 0.227 e. The fourth-order valence-electron chi connectivity index (χ4n) is 2.68. The second-order valence-electron chi connectivity index (χ2n) is 5.96. The zero-order valence-electron chi connectivity index (χ0n) is 13.9. The van der Waals surface area contributed by atoms with Gasteiger partial charge in [0, 0.05) is 30.9 Å². The van der Waals surface area contributed by atoms with E-state index in [9.17, 15) is 4.79 Å². The number of rotatable bonds is 4. The molecule has 0 unspecified atom stereocenters. The van der Waals surface area contributed by atoms with Crippen LogP contribution in [0.3, 0.4) is 0 Å². The van der Waals surface area contributed by atoms with Crippen molar-refractivity contribution in [3.8, 4) is 22.8 Å². The Kier molecular flexibility index (Phi) is 3.61. The summed E-state index contributed by atoms with van der Waals surface area (Å²) in [6, 6.07) is 17.1. The third-order valence-electron chi connectivity index (χ3n) is 4.05. The topological polar surface area (TPSA) is 59.5 Å². The molecule has 0 saturated carbocycles. The van der Waals surface area contributed by atoms with Crippen molar-refractivity contribution in [2.75, 3.05) is 19.0 Å². The van der Waals surface area contributed by atoms with Crippen LogP contribution in [0.5, 0.6) is 0 Å². The maximum atomic E-state index is 10.8. The predicted molar refractivity (Wildman–Crippen MR) is 96.9 cm³/mol. The minimum absolute atomic E-state index is 0.303. The standard InChI is InChI=1S/C20H16N2O3/c1-22(2)15-6-3-13(4-7-15)20-21-17-11-14(5-9-19(17)25-20)18-10-8-16(12-23)24-18/h3-12H,1-2H3. The number of fused-ring (bicyclic) bond motifs is 1. The van der Waals surface area contributed by atoms with Gasteiger partial charge in [0.05, 0.1) is 0 Å². The molecular formula is C20H16N2O3. The van der Waals surface area contributed by atoms with Gasteiger partial charge in [0.15, 0.2) is 17.6 Å². The van der Waals surface area contributed by atoms with Gasteiger partial charge in [0.1, 0.15) is 11.3 Å². The first-order chi connectivity index (χ1) is 12.1. The molecule has 0 aliphatic rings. The molecule has 0 bridgehead atoms. The van der Waals surface area contributed by atoms with Gasteiger partial charge in [-0.25, -0.2) is 4.98 Å². The second kappa shape index (κ2) is 5.94. The molecule has 2 aromatic carbocycles. The van der Waals surface area contributed by atoms with Crippen LogP contribution < -0.4 is 4.90 Å². The van der Waals surface area contributed by atoms with E-state index in [1.54, 1.807) is 12.1 Å². The SMILES string of the molecule is CN(C)c1ccc(-c2nc3cc(-c4ccc(C=O)o4)ccc3o2)cc1. The first-order valence-corrected chi connectivity index (χ1v) is 7.88. The highest BCUT2D eigenvalue weighted by molar-refractivity contribution is 5.82. The van der Waals surface area contributed by atoms with Crippen LogP contribution in [-0.2, 0) is 0 Å². The van der Waals surface area contributed by atoms with Crippen LogP contribution in [0.4, 0.5) is 5.69 Å². The van der Waals surface area contributed by atoms with Crippen molar-refractivity contribution in [1.29, 1.82) is 0 Å². The number of anilines is 1. The van der Waals surface area contributed by atoms with Gasteiger partial charge in [-0.15, -0.1) is 0 Å². The van der Waals surface area contributed by atoms with Gasteiger partial charge in [-0.2, -0.15) is 0 Å². The zero-order chi connectivity index (χ0) is 17.4. The first kappa shape index (κ1) is 15.2. The number of aromatic nitrogens is 1. The van der Waals surface area contributed by atoms with Crippen molar-refractivity contribution < 1.29 is 13.6 Å². The number of hydrogen-bond donors (Lipinski definition) is 0. The molecule has 2 aromatic heterocycles. The molecule has 5 nitrogen and oxygen atoms in total. The van der Waals surface area contributed by atoms with Crippen LogP contribution in [0, 0.1) is 0 Å². The summed E-state index contributed by atoms with van der Waals surface area (Å²) in [4.78, 5) is 17.4. The van der Waals surface area contributed by atoms with Crippen LogP contribution >= 0.6 is 0 Å². The molecule has 0 spiro atoms. The molecule has 2 heterocycles. The average Bonchev–Trinajstić information content (AvgIpc) is 3.27. The number of benzene rings is 2. The third kappa shape index (κ3) is 2.80. The molecule has 0 atom stereocenters. The molecular weight excluding hydrogens is 316 g/mol. The van der Waals surface area contributed by atoms with Crippen LogP contribution in [0.1, 0.15) is 10.6 Å². The van der Waals surface area contributed by atoms with E-state index in [2.05, 4.69) is 4.98 Å². The van der Waals surface area contributed by atoms with Crippen molar-refractivity contribution in [2.45, 2.75) is 0 Å². The fourth-order valence-corrected chi connectivity index (χ4v) is 2.68. The highest BCUT2D eigenvalue weighted by atomic mass is 16.4. The Morgan fingerprint density at radius 3 is 2.36 bits per heavy atom. The molecule has 0 fully saturated rings. The number of hydrogen-bond acceptors (Lipinski definition) is 5. The number of carbonyl (C=O) groups is 1. The molecule has 0 saturated heterocycles. The van der Waals surface area contributed by atoms with E-state index in [0.717, 1.165) is 22.3 Å². The largest absolute Gasteiger partial charge is 0.453 e. The quantitative estimate of drug-likeness (QED) is 0.510. The number of carbonyl (C=O) groups excluding carboxylic acids is 1.